The Bertz CT molecular complexity index is 673. The van der Waals surface area contributed by atoms with E-state index >= 15 is 0 Å². The SMILES string of the molecule is Cc1csc(Sc2nnnn2-c2sccc2Cl)n1. The van der Waals surface area contributed by atoms with Crippen LogP contribution < -0.4 is 0 Å². The second kappa shape index (κ2) is 4.96. The van der Waals surface area contributed by atoms with Gasteiger partial charge in [0, 0.05) is 11.1 Å². The average Bonchev–Trinajstić information content (AvgIpc) is 3.02. The summed E-state index contributed by atoms with van der Waals surface area (Å²) in [5, 5.41) is 17.7. The van der Waals surface area contributed by atoms with Gasteiger partial charge in [-0.2, -0.15) is 4.68 Å². The molecule has 3 rings (SSSR count). The highest BCUT2D eigenvalue weighted by atomic mass is 35.5. The number of aromatic nitrogens is 5. The fourth-order valence-corrected chi connectivity index (χ4v) is 4.13. The number of hydrogen-bond donors (Lipinski definition) is 0. The van der Waals surface area contributed by atoms with Crippen molar-refractivity contribution in [1.29, 1.82) is 0 Å². The summed E-state index contributed by atoms with van der Waals surface area (Å²) in [5.74, 6) is 0. The van der Waals surface area contributed by atoms with Crippen molar-refractivity contribution in [2.75, 3.05) is 0 Å². The van der Waals surface area contributed by atoms with Crippen molar-refractivity contribution in [1.82, 2.24) is 25.2 Å². The number of hydrogen-bond acceptors (Lipinski definition) is 7. The lowest BCUT2D eigenvalue weighted by Gasteiger charge is -1.99. The molecule has 0 aliphatic carbocycles. The molecular weight excluding hydrogens is 310 g/mol. The van der Waals surface area contributed by atoms with Crippen molar-refractivity contribution in [2.24, 2.45) is 0 Å². The molecule has 0 aliphatic rings. The molecule has 0 fully saturated rings. The molecule has 5 nitrogen and oxygen atoms in total. The van der Waals surface area contributed by atoms with Gasteiger partial charge < -0.3 is 0 Å². The lowest BCUT2D eigenvalue weighted by Crippen LogP contribution is -1.96. The van der Waals surface area contributed by atoms with Gasteiger partial charge in [0.25, 0.3) is 0 Å². The van der Waals surface area contributed by atoms with Gasteiger partial charge in [-0.1, -0.05) is 11.6 Å². The molecule has 0 aliphatic heterocycles. The van der Waals surface area contributed by atoms with E-state index in [4.69, 9.17) is 11.6 Å². The maximum Gasteiger partial charge on any atom is 0.222 e. The second-order valence-electron chi connectivity index (χ2n) is 3.30. The molecular formula is C9H6ClN5S3. The van der Waals surface area contributed by atoms with E-state index in [1.807, 2.05) is 23.8 Å². The summed E-state index contributed by atoms with van der Waals surface area (Å²) in [6, 6.07) is 1.82. The monoisotopic (exact) mass is 315 g/mol. The molecule has 0 bridgehead atoms. The first-order valence-corrected chi connectivity index (χ1v) is 7.81. The number of thiophene rings is 1. The summed E-state index contributed by atoms with van der Waals surface area (Å²) in [6.45, 7) is 1.96. The third kappa shape index (κ3) is 2.28. The standard InChI is InChI=1S/C9H6ClN5S3/c1-5-4-17-9(11-5)18-8-12-13-14-15(8)7-6(10)2-3-16-7/h2-4H,1H3. The molecule has 92 valence electrons. The number of halogens is 1. The Hall–Kier alpha value is -0.960. The molecule has 0 atom stereocenters. The van der Waals surface area contributed by atoms with Gasteiger partial charge in [-0.15, -0.1) is 27.8 Å². The molecule has 3 aromatic heterocycles. The van der Waals surface area contributed by atoms with Gasteiger partial charge in [-0.05, 0) is 40.6 Å². The van der Waals surface area contributed by atoms with E-state index in [0.29, 0.717) is 10.2 Å². The quantitative estimate of drug-likeness (QED) is 0.742. The van der Waals surface area contributed by atoms with Gasteiger partial charge in [0.2, 0.25) is 5.16 Å². The predicted molar refractivity (Wildman–Crippen MR) is 73.0 cm³/mol. The minimum atomic E-state index is 0.643. The molecule has 0 spiro atoms. The van der Waals surface area contributed by atoms with Crippen LogP contribution in [0.5, 0.6) is 0 Å². The summed E-state index contributed by atoms with van der Waals surface area (Å²) < 4.78 is 2.55. The zero-order chi connectivity index (χ0) is 12.5. The molecule has 3 heterocycles. The minimum Gasteiger partial charge on any atom is -0.235 e. The maximum absolute atomic E-state index is 6.08. The van der Waals surface area contributed by atoms with E-state index in [9.17, 15) is 0 Å². The molecule has 0 saturated heterocycles. The van der Waals surface area contributed by atoms with Crippen molar-refractivity contribution in [2.45, 2.75) is 16.4 Å². The molecule has 9 heteroatoms. The molecule has 0 saturated carbocycles. The maximum atomic E-state index is 6.08. The highest BCUT2D eigenvalue weighted by Gasteiger charge is 2.15. The number of nitrogens with zero attached hydrogens (tertiary/aromatic N) is 5. The van der Waals surface area contributed by atoms with E-state index in [0.717, 1.165) is 15.0 Å². The molecule has 0 radical (unpaired) electrons. The van der Waals surface area contributed by atoms with Crippen LogP contribution in [0.4, 0.5) is 0 Å². The normalized spacial score (nSPS) is 11.0. The highest BCUT2D eigenvalue weighted by Crippen LogP contribution is 2.33. The smallest absolute Gasteiger partial charge is 0.222 e. The van der Waals surface area contributed by atoms with Crippen LogP contribution in [0.15, 0.2) is 26.3 Å². The van der Waals surface area contributed by atoms with E-state index in [2.05, 4.69) is 20.5 Å². The summed E-state index contributed by atoms with van der Waals surface area (Å²) >= 11 is 10.6. The first-order chi connectivity index (χ1) is 8.74. The Labute approximate surface area is 120 Å². The van der Waals surface area contributed by atoms with E-state index < -0.39 is 0 Å². The number of thiazole rings is 1. The van der Waals surface area contributed by atoms with Crippen LogP contribution in [-0.4, -0.2) is 25.2 Å². The van der Waals surface area contributed by atoms with Crippen LogP contribution in [-0.2, 0) is 0 Å². The van der Waals surface area contributed by atoms with Crippen molar-refractivity contribution in [3.05, 3.63) is 27.5 Å². The molecule has 0 amide bonds. The zero-order valence-electron chi connectivity index (χ0n) is 9.07. The first-order valence-electron chi connectivity index (χ1n) is 4.86. The van der Waals surface area contributed by atoms with Gasteiger partial charge in [-0.3, -0.25) is 0 Å². The number of rotatable bonds is 3. The Balaban J connectivity index is 1.95. The summed E-state index contributed by atoms with van der Waals surface area (Å²) in [7, 11) is 0. The van der Waals surface area contributed by atoms with Crippen LogP contribution >= 0.6 is 46.0 Å². The highest BCUT2D eigenvalue weighted by molar-refractivity contribution is 8.00. The summed E-state index contributed by atoms with van der Waals surface area (Å²) in [6.07, 6.45) is 0. The van der Waals surface area contributed by atoms with Gasteiger partial charge in [0.1, 0.15) is 5.00 Å². The molecule has 0 unspecified atom stereocenters. The molecule has 18 heavy (non-hydrogen) atoms. The van der Waals surface area contributed by atoms with Crippen LogP contribution in [0.1, 0.15) is 5.69 Å². The van der Waals surface area contributed by atoms with Gasteiger partial charge in [0.15, 0.2) is 4.34 Å². The first kappa shape index (κ1) is 12.1. The minimum absolute atomic E-state index is 0.643. The van der Waals surface area contributed by atoms with E-state index in [1.54, 1.807) is 16.0 Å². The topological polar surface area (TPSA) is 56.5 Å². The van der Waals surface area contributed by atoms with Crippen molar-refractivity contribution >= 4 is 46.0 Å². The number of tetrazole rings is 1. The molecule has 0 aromatic carbocycles. The zero-order valence-corrected chi connectivity index (χ0v) is 12.3. The Morgan fingerprint density at radius 3 is 2.94 bits per heavy atom. The Morgan fingerprint density at radius 2 is 2.28 bits per heavy atom. The summed E-state index contributed by atoms with van der Waals surface area (Å²) in [5.41, 5.74) is 0.996. The lowest BCUT2D eigenvalue weighted by molar-refractivity contribution is 0.768. The second-order valence-corrected chi connectivity index (χ2v) is 6.68. The van der Waals surface area contributed by atoms with Crippen molar-refractivity contribution in [3.8, 4) is 5.00 Å². The van der Waals surface area contributed by atoms with Crippen LogP contribution in [0, 0.1) is 6.92 Å². The fraction of sp³-hybridized carbons (Fsp3) is 0.111. The molecule has 3 aromatic rings. The van der Waals surface area contributed by atoms with E-state index in [1.165, 1.54) is 23.1 Å². The van der Waals surface area contributed by atoms with Crippen molar-refractivity contribution in [3.63, 3.8) is 0 Å². The number of aryl methyl sites for hydroxylation is 1. The van der Waals surface area contributed by atoms with Crippen LogP contribution in [0.25, 0.3) is 5.00 Å². The van der Waals surface area contributed by atoms with E-state index in [-0.39, 0.29) is 0 Å². The van der Waals surface area contributed by atoms with Gasteiger partial charge in [0.05, 0.1) is 5.02 Å². The van der Waals surface area contributed by atoms with Crippen LogP contribution in [0.3, 0.4) is 0 Å². The fourth-order valence-electron chi connectivity index (χ4n) is 1.26. The average molecular weight is 316 g/mol. The summed E-state index contributed by atoms with van der Waals surface area (Å²) in [4.78, 5) is 4.37. The van der Waals surface area contributed by atoms with Crippen LogP contribution in [0.2, 0.25) is 5.02 Å². The lowest BCUT2D eigenvalue weighted by atomic mass is 10.6. The third-order valence-electron chi connectivity index (χ3n) is 2.01. The molecule has 0 N–H and O–H groups in total. The Morgan fingerprint density at radius 1 is 1.39 bits per heavy atom. The predicted octanol–water partition coefficient (Wildman–Crippen LogP) is 3.29. The van der Waals surface area contributed by atoms with Gasteiger partial charge in [-0.25, -0.2) is 4.98 Å². The largest absolute Gasteiger partial charge is 0.235 e. The third-order valence-corrected chi connectivity index (χ3v) is 5.31. The Kier molecular flexibility index (Phi) is 3.33. The van der Waals surface area contributed by atoms with Gasteiger partial charge >= 0.3 is 0 Å². The van der Waals surface area contributed by atoms with Crippen molar-refractivity contribution < 1.29 is 0 Å².